The lowest BCUT2D eigenvalue weighted by molar-refractivity contribution is 0.0649. The average Bonchev–Trinajstić information content (AvgIpc) is 2.10. The summed E-state index contributed by atoms with van der Waals surface area (Å²) in [7, 11) is 0. The number of rotatable bonds is 3. The molecule has 1 aromatic rings. The standard InChI is InChI=1S/C12H18ClNO/c1-8-5-6-10(7-11(8)13)14-9(2)12(3,4)15/h5-7,9,14-15H,1-4H3. The molecule has 0 fully saturated rings. The predicted octanol–water partition coefficient (Wildman–Crippen LogP) is 3.22. The molecule has 0 heterocycles. The Morgan fingerprint density at radius 2 is 2.00 bits per heavy atom. The molecule has 0 amide bonds. The molecule has 0 radical (unpaired) electrons. The molecule has 0 aliphatic carbocycles. The van der Waals surface area contributed by atoms with E-state index in [0.29, 0.717) is 0 Å². The highest BCUT2D eigenvalue weighted by Crippen LogP contribution is 2.22. The van der Waals surface area contributed by atoms with Crippen molar-refractivity contribution in [2.24, 2.45) is 0 Å². The van der Waals surface area contributed by atoms with Crippen LogP contribution in [0.3, 0.4) is 0 Å². The molecule has 2 nitrogen and oxygen atoms in total. The third-order valence-electron chi connectivity index (χ3n) is 2.61. The van der Waals surface area contributed by atoms with E-state index in [1.807, 2.05) is 32.0 Å². The van der Waals surface area contributed by atoms with Gasteiger partial charge >= 0.3 is 0 Å². The van der Waals surface area contributed by atoms with E-state index in [2.05, 4.69) is 5.32 Å². The number of hydrogen-bond donors (Lipinski definition) is 2. The van der Waals surface area contributed by atoms with E-state index >= 15 is 0 Å². The molecule has 0 saturated carbocycles. The van der Waals surface area contributed by atoms with Gasteiger partial charge in [-0.25, -0.2) is 0 Å². The first kappa shape index (κ1) is 12.3. The molecule has 0 spiro atoms. The molecular weight excluding hydrogens is 210 g/mol. The van der Waals surface area contributed by atoms with E-state index < -0.39 is 5.60 Å². The van der Waals surface area contributed by atoms with Crippen LogP contribution < -0.4 is 5.32 Å². The Hall–Kier alpha value is -0.730. The van der Waals surface area contributed by atoms with Crippen LogP contribution in [-0.2, 0) is 0 Å². The normalized spacial score (nSPS) is 13.7. The van der Waals surface area contributed by atoms with Crippen LogP contribution >= 0.6 is 11.6 Å². The topological polar surface area (TPSA) is 32.3 Å². The van der Waals surface area contributed by atoms with Gasteiger partial charge in [0.05, 0.1) is 11.6 Å². The molecule has 2 N–H and O–H groups in total. The van der Waals surface area contributed by atoms with Crippen molar-refractivity contribution in [3.63, 3.8) is 0 Å². The van der Waals surface area contributed by atoms with Crippen molar-refractivity contribution < 1.29 is 5.11 Å². The lowest BCUT2D eigenvalue weighted by Gasteiger charge is -2.27. The highest BCUT2D eigenvalue weighted by Gasteiger charge is 2.21. The number of aryl methyl sites for hydroxylation is 1. The average molecular weight is 228 g/mol. The molecule has 0 aromatic heterocycles. The first-order chi connectivity index (χ1) is 6.80. The number of hydrogen-bond acceptors (Lipinski definition) is 2. The molecular formula is C12H18ClNO. The zero-order valence-electron chi connectivity index (χ0n) is 9.63. The molecule has 1 unspecified atom stereocenters. The Morgan fingerprint density at radius 1 is 1.40 bits per heavy atom. The highest BCUT2D eigenvalue weighted by molar-refractivity contribution is 6.31. The molecule has 84 valence electrons. The minimum absolute atomic E-state index is 0.0312. The predicted molar refractivity (Wildman–Crippen MR) is 65.6 cm³/mol. The van der Waals surface area contributed by atoms with E-state index in [0.717, 1.165) is 16.3 Å². The van der Waals surface area contributed by atoms with Gasteiger partial charge in [0.25, 0.3) is 0 Å². The van der Waals surface area contributed by atoms with Crippen LogP contribution in [0.5, 0.6) is 0 Å². The van der Waals surface area contributed by atoms with E-state index in [-0.39, 0.29) is 6.04 Å². The SMILES string of the molecule is Cc1ccc(NC(C)C(C)(C)O)cc1Cl. The number of benzene rings is 1. The summed E-state index contributed by atoms with van der Waals surface area (Å²) in [5.74, 6) is 0. The quantitative estimate of drug-likeness (QED) is 0.831. The molecule has 15 heavy (non-hydrogen) atoms. The number of nitrogens with one attached hydrogen (secondary N) is 1. The summed E-state index contributed by atoms with van der Waals surface area (Å²) in [6.45, 7) is 7.46. The molecule has 0 bridgehead atoms. The van der Waals surface area contributed by atoms with E-state index in [1.165, 1.54) is 0 Å². The van der Waals surface area contributed by atoms with E-state index in [9.17, 15) is 5.11 Å². The van der Waals surface area contributed by atoms with Gasteiger partial charge in [-0.15, -0.1) is 0 Å². The molecule has 3 heteroatoms. The second-order valence-corrected chi connectivity index (χ2v) is 4.89. The summed E-state index contributed by atoms with van der Waals surface area (Å²) in [5.41, 5.74) is 1.23. The smallest absolute Gasteiger partial charge is 0.0789 e. The van der Waals surface area contributed by atoms with Gasteiger partial charge in [-0.1, -0.05) is 17.7 Å². The number of halogens is 1. The van der Waals surface area contributed by atoms with Crippen LogP contribution in [0, 0.1) is 6.92 Å². The first-order valence-corrected chi connectivity index (χ1v) is 5.43. The van der Waals surface area contributed by atoms with E-state index in [1.54, 1.807) is 13.8 Å². The van der Waals surface area contributed by atoms with Crippen molar-refractivity contribution in [3.05, 3.63) is 28.8 Å². The van der Waals surface area contributed by atoms with Crippen LogP contribution in [0.15, 0.2) is 18.2 Å². The van der Waals surface area contributed by atoms with E-state index in [4.69, 9.17) is 11.6 Å². The summed E-state index contributed by atoms with van der Waals surface area (Å²) in [6, 6.07) is 5.76. The van der Waals surface area contributed by atoms with Crippen LogP contribution in [0.25, 0.3) is 0 Å². The fraction of sp³-hybridized carbons (Fsp3) is 0.500. The third kappa shape index (κ3) is 3.40. The zero-order valence-corrected chi connectivity index (χ0v) is 10.4. The largest absolute Gasteiger partial charge is 0.388 e. The Labute approximate surface area is 96.3 Å². The van der Waals surface area contributed by atoms with Crippen molar-refractivity contribution >= 4 is 17.3 Å². The summed E-state index contributed by atoms with van der Waals surface area (Å²) in [6.07, 6.45) is 0. The van der Waals surface area contributed by atoms with Gasteiger partial charge in [0.15, 0.2) is 0 Å². The van der Waals surface area contributed by atoms with Crippen molar-refractivity contribution in [3.8, 4) is 0 Å². The van der Waals surface area contributed by atoms with Gasteiger partial charge < -0.3 is 10.4 Å². The van der Waals surface area contributed by atoms with Crippen LogP contribution in [0.2, 0.25) is 5.02 Å². The highest BCUT2D eigenvalue weighted by atomic mass is 35.5. The Bertz CT molecular complexity index is 344. The second kappa shape index (κ2) is 4.42. The number of aliphatic hydroxyl groups is 1. The maximum Gasteiger partial charge on any atom is 0.0789 e. The van der Waals surface area contributed by atoms with Gasteiger partial charge in [-0.05, 0) is 45.4 Å². The fourth-order valence-electron chi connectivity index (χ4n) is 1.11. The van der Waals surface area contributed by atoms with Crippen LogP contribution in [-0.4, -0.2) is 16.7 Å². The minimum Gasteiger partial charge on any atom is -0.388 e. The Balaban J connectivity index is 2.78. The molecule has 1 aromatic carbocycles. The van der Waals surface area contributed by atoms with Crippen molar-refractivity contribution in [1.29, 1.82) is 0 Å². The fourth-order valence-corrected chi connectivity index (χ4v) is 1.29. The maximum absolute atomic E-state index is 9.78. The van der Waals surface area contributed by atoms with Gasteiger partial charge in [0.2, 0.25) is 0 Å². The lowest BCUT2D eigenvalue weighted by atomic mass is 10.0. The first-order valence-electron chi connectivity index (χ1n) is 5.06. The third-order valence-corrected chi connectivity index (χ3v) is 3.02. The summed E-state index contributed by atoms with van der Waals surface area (Å²) < 4.78 is 0. The van der Waals surface area contributed by atoms with Gasteiger partial charge in [0, 0.05) is 10.7 Å². The van der Waals surface area contributed by atoms with Gasteiger partial charge in [-0.2, -0.15) is 0 Å². The Kier molecular flexibility index (Phi) is 3.63. The van der Waals surface area contributed by atoms with Gasteiger partial charge in [-0.3, -0.25) is 0 Å². The molecule has 0 aliphatic heterocycles. The summed E-state index contributed by atoms with van der Waals surface area (Å²) in [4.78, 5) is 0. The molecule has 0 saturated heterocycles. The molecule has 1 rings (SSSR count). The maximum atomic E-state index is 9.78. The zero-order chi connectivity index (χ0) is 11.6. The van der Waals surface area contributed by atoms with Crippen molar-refractivity contribution in [1.82, 2.24) is 0 Å². The monoisotopic (exact) mass is 227 g/mol. The van der Waals surface area contributed by atoms with Crippen molar-refractivity contribution in [2.75, 3.05) is 5.32 Å². The second-order valence-electron chi connectivity index (χ2n) is 4.48. The summed E-state index contributed by atoms with van der Waals surface area (Å²) in [5, 5.41) is 13.7. The van der Waals surface area contributed by atoms with Crippen LogP contribution in [0.4, 0.5) is 5.69 Å². The summed E-state index contributed by atoms with van der Waals surface area (Å²) >= 11 is 6.01. The number of anilines is 1. The van der Waals surface area contributed by atoms with Crippen molar-refractivity contribution in [2.45, 2.75) is 39.3 Å². The van der Waals surface area contributed by atoms with Crippen LogP contribution in [0.1, 0.15) is 26.3 Å². The molecule has 0 aliphatic rings. The lowest BCUT2D eigenvalue weighted by Crippen LogP contribution is -2.39. The minimum atomic E-state index is -0.753. The van der Waals surface area contributed by atoms with Gasteiger partial charge in [0.1, 0.15) is 0 Å². The molecule has 1 atom stereocenters. The Morgan fingerprint density at radius 3 is 2.47 bits per heavy atom.